The number of carbonyl (C=O) groups excluding carboxylic acids is 2. The number of rotatable bonds is 32. The van der Waals surface area contributed by atoms with Crippen molar-refractivity contribution in [3.8, 4) is 0 Å². The minimum atomic E-state index is -1.02. The number of esters is 1. The summed E-state index contributed by atoms with van der Waals surface area (Å²) in [6, 6.07) is 0. The molecule has 0 rings (SSSR count). The Morgan fingerprint density at radius 2 is 0.902 bits per heavy atom. The first-order chi connectivity index (χ1) is 20.0. The number of unbranched alkanes of at least 4 members (excludes halogenated alkanes) is 21. The summed E-state index contributed by atoms with van der Waals surface area (Å²) in [5, 5.41) is 11.0. The first kappa shape index (κ1) is 39.4. The number of amides is 1. The van der Waals surface area contributed by atoms with E-state index in [0.717, 1.165) is 57.8 Å². The monoisotopic (exact) mass is 582 g/mol. The van der Waals surface area contributed by atoms with Gasteiger partial charge in [-0.05, 0) is 38.5 Å². The Labute approximate surface area is 253 Å². The van der Waals surface area contributed by atoms with Gasteiger partial charge in [0.05, 0.1) is 0 Å². The predicted octanol–water partition coefficient (Wildman–Crippen LogP) is 10.1. The molecular weight excluding hydrogens is 514 g/mol. The Kier molecular flexibility index (Phi) is 30.1. The van der Waals surface area contributed by atoms with E-state index in [1.54, 1.807) is 0 Å². The number of hydrogen-bond donors (Lipinski definition) is 2. The SMILES string of the molecule is CCCCCCCCCCCCCCCCC(=O)OC(CCCCCCCC)CCCCCCC(=O)NCC(=O)O. The summed E-state index contributed by atoms with van der Waals surface area (Å²) in [6.07, 6.45) is 32.2. The summed E-state index contributed by atoms with van der Waals surface area (Å²) < 4.78 is 5.93. The van der Waals surface area contributed by atoms with Crippen LogP contribution < -0.4 is 5.32 Å². The van der Waals surface area contributed by atoms with Gasteiger partial charge in [0, 0.05) is 12.8 Å². The van der Waals surface area contributed by atoms with Gasteiger partial charge in [-0.3, -0.25) is 14.4 Å². The molecule has 0 aromatic heterocycles. The van der Waals surface area contributed by atoms with Crippen LogP contribution in [0.25, 0.3) is 0 Å². The van der Waals surface area contributed by atoms with Crippen LogP contribution in [0.4, 0.5) is 0 Å². The molecule has 0 aliphatic heterocycles. The Hall–Kier alpha value is -1.59. The molecule has 0 saturated carbocycles. The van der Waals surface area contributed by atoms with Crippen molar-refractivity contribution in [2.24, 2.45) is 0 Å². The number of ether oxygens (including phenoxy) is 1. The number of aliphatic carboxylic acids is 1. The van der Waals surface area contributed by atoms with Crippen LogP contribution in [-0.4, -0.2) is 35.6 Å². The first-order valence-corrected chi connectivity index (χ1v) is 17.7. The maximum Gasteiger partial charge on any atom is 0.322 e. The lowest BCUT2D eigenvalue weighted by molar-refractivity contribution is -0.150. The Morgan fingerprint density at radius 1 is 0.537 bits per heavy atom. The van der Waals surface area contributed by atoms with Crippen molar-refractivity contribution < 1.29 is 24.2 Å². The van der Waals surface area contributed by atoms with Crippen molar-refractivity contribution >= 4 is 17.8 Å². The van der Waals surface area contributed by atoms with Crippen LogP contribution in [-0.2, 0) is 19.1 Å². The molecule has 1 amide bonds. The van der Waals surface area contributed by atoms with Gasteiger partial charge in [-0.1, -0.05) is 142 Å². The molecule has 0 aliphatic rings. The van der Waals surface area contributed by atoms with Gasteiger partial charge in [-0.25, -0.2) is 0 Å². The maximum atomic E-state index is 12.6. The molecule has 0 fully saturated rings. The largest absolute Gasteiger partial charge is 0.480 e. The maximum absolute atomic E-state index is 12.6. The molecule has 1 unspecified atom stereocenters. The van der Waals surface area contributed by atoms with Crippen LogP contribution in [0.3, 0.4) is 0 Å². The van der Waals surface area contributed by atoms with E-state index in [1.165, 1.54) is 109 Å². The second kappa shape index (κ2) is 31.3. The smallest absolute Gasteiger partial charge is 0.322 e. The second-order valence-electron chi connectivity index (χ2n) is 12.1. The number of nitrogens with one attached hydrogen (secondary N) is 1. The second-order valence-corrected chi connectivity index (χ2v) is 12.1. The van der Waals surface area contributed by atoms with E-state index >= 15 is 0 Å². The molecule has 0 spiro atoms. The van der Waals surface area contributed by atoms with Gasteiger partial charge >= 0.3 is 11.9 Å². The first-order valence-electron chi connectivity index (χ1n) is 17.7. The molecule has 0 aliphatic carbocycles. The van der Waals surface area contributed by atoms with Gasteiger partial charge in [-0.2, -0.15) is 0 Å². The quantitative estimate of drug-likeness (QED) is 0.0609. The third-order valence-corrected chi connectivity index (χ3v) is 8.03. The van der Waals surface area contributed by atoms with Crippen LogP contribution in [0.2, 0.25) is 0 Å². The van der Waals surface area contributed by atoms with Crippen molar-refractivity contribution in [2.45, 2.75) is 200 Å². The molecule has 6 nitrogen and oxygen atoms in total. The van der Waals surface area contributed by atoms with E-state index in [1.807, 2.05) is 0 Å². The summed E-state index contributed by atoms with van der Waals surface area (Å²) in [5.74, 6) is -1.26. The van der Waals surface area contributed by atoms with Gasteiger partial charge in [0.15, 0.2) is 0 Å². The van der Waals surface area contributed by atoms with E-state index < -0.39 is 5.97 Å². The fourth-order valence-electron chi connectivity index (χ4n) is 5.40. The summed E-state index contributed by atoms with van der Waals surface area (Å²) in [7, 11) is 0. The minimum absolute atomic E-state index is 0.0131. The van der Waals surface area contributed by atoms with Crippen molar-refractivity contribution in [2.75, 3.05) is 6.54 Å². The molecule has 2 N–H and O–H groups in total. The van der Waals surface area contributed by atoms with Crippen molar-refractivity contribution in [1.29, 1.82) is 0 Å². The molecule has 0 bridgehead atoms. The lowest BCUT2D eigenvalue weighted by Gasteiger charge is -2.18. The standard InChI is InChI=1S/C35H67NO5/c1-3-5-7-9-11-12-13-14-15-16-17-18-20-26-30-35(40)41-32(27-23-19-10-8-6-4-2)28-24-21-22-25-29-33(37)36-31-34(38)39/h32H,3-31H2,1-2H3,(H,36,37)(H,38,39). The van der Waals surface area contributed by atoms with Crippen LogP contribution in [0.5, 0.6) is 0 Å². The summed E-state index contributed by atoms with van der Waals surface area (Å²) >= 11 is 0. The minimum Gasteiger partial charge on any atom is -0.480 e. The Morgan fingerprint density at radius 3 is 1.32 bits per heavy atom. The van der Waals surface area contributed by atoms with E-state index in [-0.39, 0.29) is 24.5 Å². The lowest BCUT2D eigenvalue weighted by Crippen LogP contribution is -2.28. The molecule has 0 aromatic carbocycles. The van der Waals surface area contributed by atoms with Crippen molar-refractivity contribution in [1.82, 2.24) is 5.32 Å². The number of carboxylic acids is 1. The van der Waals surface area contributed by atoms with Gasteiger partial charge in [0.25, 0.3) is 0 Å². The van der Waals surface area contributed by atoms with Gasteiger partial charge < -0.3 is 15.2 Å². The van der Waals surface area contributed by atoms with Crippen LogP contribution >= 0.6 is 0 Å². The third kappa shape index (κ3) is 31.2. The molecule has 0 aromatic rings. The highest BCUT2D eigenvalue weighted by molar-refractivity contribution is 5.80. The van der Waals surface area contributed by atoms with Crippen LogP contribution in [0.1, 0.15) is 194 Å². The van der Waals surface area contributed by atoms with Gasteiger partial charge in [-0.15, -0.1) is 0 Å². The lowest BCUT2D eigenvalue weighted by atomic mass is 10.0. The van der Waals surface area contributed by atoms with E-state index in [0.29, 0.717) is 12.8 Å². The zero-order valence-electron chi connectivity index (χ0n) is 27.2. The average Bonchev–Trinajstić information content (AvgIpc) is 2.95. The fourth-order valence-corrected chi connectivity index (χ4v) is 5.40. The highest BCUT2D eigenvalue weighted by atomic mass is 16.5. The zero-order valence-corrected chi connectivity index (χ0v) is 27.2. The van der Waals surface area contributed by atoms with E-state index in [2.05, 4.69) is 19.2 Å². The topological polar surface area (TPSA) is 92.7 Å². The van der Waals surface area contributed by atoms with Crippen LogP contribution in [0, 0.1) is 0 Å². The van der Waals surface area contributed by atoms with Gasteiger partial charge in [0.2, 0.25) is 5.91 Å². The summed E-state index contributed by atoms with van der Waals surface area (Å²) in [5.41, 5.74) is 0. The molecule has 0 heterocycles. The Balaban J connectivity index is 3.98. The normalized spacial score (nSPS) is 11.9. The van der Waals surface area contributed by atoms with E-state index in [9.17, 15) is 14.4 Å². The number of hydrogen-bond acceptors (Lipinski definition) is 4. The van der Waals surface area contributed by atoms with Crippen molar-refractivity contribution in [3.05, 3.63) is 0 Å². The molecular formula is C35H67NO5. The Bertz CT molecular complexity index is 609. The number of carboxylic acid groups (broad SMARTS) is 1. The predicted molar refractivity (Wildman–Crippen MR) is 171 cm³/mol. The molecule has 0 saturated heterocycles. The third-order valence-electron chi connectivity index (χ3n) is 8.03. The summed E-state index contributed by atoms with van der Waals surface area (Å²) in [4.78, 5) is 34.7. The summed E-state index contributed by atoms with van der Waals surface area (Å²) in [6.45, 7) is 4.19. The van der Waals surface area contributed by atoms with E-state index in [4.69, 9.17) is 9.84 Å². The molecule has 6 heteroatoms. The molecule has 1 atom stereocenters. The van der Waals surface area contributed by atoms with Crippen molar-refractivity contribution in [3.63, 3.8) is 0 Å². The highest BCUT2D eigenvalue weighted by Gasteiger charge is 2.14. The van der Waals surface area contributed by atoms with Crippen LogP contribution in [0.15, 0.2) is 0 Å². The molecule has 242 valence electrons. The molecule has 41 heavy (non-hydrogen) atoms. The fraction of sp³-hybridized carbons (Fsp3) is 0.914. The number of carbonyl (C=O) groups is 3. The zero-order chi connectivity index (χ0) is 30.2. The highest BCUT2D eigenvalue weighted by Crippen LogP contribution is 2.18. The molecule has 0 radical (unpaired) electrons. The average molecular weight is 582 g/mol. The van der Waals surface area contributed by atoms with Gasteiger partial charge in [0.1, 0.15) is 12.6 Å².